The van der Waals surface area contributed by atoms with Crippen LogP contribution in [0.15, 0.2) is 59.9 Å². The highest BCUT2D eigenvalue weighted by Gasteiger charge is 2.11. The number of carbonyl (C=O) groups excluding carboxylic acids is 1. The maximum atomic E-state index is 12.3. The fraction of sp³-hybridized carbons (Fsp3) is 0. The zero-order chi connectivity index (χ0) is 14.7. The minimum Gasteiger partial charge on any atom is -0.320 e. The normalized spacial score (nSPS) is 10.3. The third-order valence-corrected chi connectivity index (χ3v) is 3.22. The molecule has 0 bridgehead atoms. The maximum Gasteiger partial charge on any atom is 0.257 e. The van der Waals surface area contributed by atoms with E-state index in [1.165, 1.54) is 12.5 Å². The van der Waals surface area contributed by atoms with Crippen molar-refractivity contribution in [2.45, 2.75) is 0 Å². The first-order valence-corrected chi connectivity index (χ1v) is 6.89. The Morgan fingerprint density at radius 3 is 2.81 bits per heavy atom. The SMILES string of the molecule is O=C(Nc1ccccc1-n1cncn1)c1cncc(Br)c1. The molecule has 104 valence electrons. The van der Waals surface area contributed by atoms with Crippen molar-refractivity contribution in [2.24, 2.45) is 0 Å². The highest BCUT2D eigenvalue weighted by molar-refractivity contribution is 9.10. The summed E-state index contributed by atoms with van der Waals surface area (Å²) in [5, 5.41) is 6.93. The van der Waals surface area contributed by atoms with Crippen molar-refractivity contribution in [3.8, 4) is 5.69 Å². The molecule has 2 heterocycles. The molecule has 1 amide bonds. The minimum absolute atomic E-state index is 0.239. The van der Waals surface area contributed by atoms with Gasteiger partial charge in [0.25, 0.3) is 5.91 Å². The van der Waals surface area contributed by atoms with E-state index in [1.54, 1.807) is 29.3 Å². The van der Waals surface area contributed by atoms with Crippen LogP contribution in [0.25, 0.3) is 5.69 Å². The molecule has 0 saturated heterocycles. The fourth-order valence-corrected chi connectivity index (χ4v) is 2.21. The van der Waals surface area contributed by atoms with Gasteiger partial charge in [0, 0.05) is 16.9 Å². The van der Waals surface area contributed by atoms with Crippen molar-refractivity contribution in [1.82, 2.24) is 19.7 Å². The van der Waals surface area contributed by atoms with Crippen LogP contribution in [0.5, 0.6) is 0 Å². The van der Waals surface area contributed by atoms with Gasteiger partial charge in [0.05, 0.1) is 16.9 Å². The van der Waals surface area contributed by atoms with Gasteiger partial charge in [-0.05, 0) is 34.1 Å². The second-order valence-corrected chi connectivity index (χ2v) is 5.12. The molecule has 0 spiro atoms. The van der Waals surface area contributed by atoms with E-state index in [0.29, 0.717) is 11.3 Å². The summed E-state index contributed by atoms with van der Waals surface area (Å²) in [5.41, 5.74) is 1.86. The zero-order valence-corrected chi connectivity index (χ0v) is 12.4. The van der Waals surface area contributed by atoms with Crippen molar-refractivity contribution in [1.29, 1.82) is 0 Å². The largest absolute Gasteiger partial charge is 0.320 e. The van der Waals surface area contributed by atoms with Gasteiger partial charge >= 0.3 is 0 Å². The van der Waals surface area contributed by atoms with Gasteiger partial charge in [-0.2, -0.15) is 5.10 Å². The Labute approximate surface area is 129 Å². The van der Waals surface area contributed by atoms with E-state index < -0.39 is 0 Å². The molecule has 6 nitrogen and oxygen atoms in total. The van der Waals surface area contributed by atoms with Crippen molar-refractivity contribution < 1.29 is 4.79 Å². The lowest BCUT2D eigenvalue weighted by Crippen LogP contribution is -2.14. The fourth-order valence-electron chi connectivity index (χ4n) is 1.84. The molecular formula is C14H10BrN5O. The molecule has 0 radical (unpaired) electrons. The highest BCUT2D eigenvalue weighted by Crippen LogP contribution is 2.20. The third kappa shape index (κ3) is 2.97. The summed E-state index contributed by atoms with van der Waals surface area (Å²) in [5.74, 6) is -0.239. The zero-order valence-electron chi connectivity index (χ0n) is 10.8. The molecule has 0 atom stereocenters. The number of halogens is 1. The van der Waals surface area contributed by atoms with Gasteiger partial charge in [-0.15, -0.1) is 0 Å². The number of carbonyl (C=O) groups is 1. The van der Waals surface area contributed by atoms with Crippen LogP contribution < -0.4 is 5.32 Å². The molecule has 0 unspecified atom stereocenters. The number of para-hydroxylation sites is 2. The van der Waals surface area contributed by atoms with Crippen LogP contribution in [-0.4, -0.2) is 25.7 Å². The smallest absolute Gasteiger partial charge is 0.257 e. The summed E-state index contributed by atoms with van der Waals surface area (Å²) in [6, 6.07) is 9.08. The van der Waals surface area contributed by atoms with Crippen LogP contribution in [-0.2, 0) is 0 Å². The van der Waals surface area contributed by atoms with Gasteiger partial charge in [0.2, 0.25) is 0 Å². The Bertz CT molecular complexity index is 773. The van der Waals surface area contributed by atoms with E-state index in [4.69, 9.17) is 0 Å². The van der Waals surface area contributed by atoms with E-state index in [9.17, 15) is 4.79 Å². The first-order chi connectivity index (χ1) is 10.2. The number of pyridine rings is 1. The number of benzene rings is 1. The van der Waals surface area contributed by atoms with Crippen LogP contribution in [0.4, 0.5) is 5.69 Å². The maximum absolute atomic E-state index is 12.3. The lowest BCUT2D eigenvalue weighted by Gasteiger charge is -2.10. The number of rotatable bonds is 3. The second kappa shape index (κ2) is 5.84. The topological polar surface area (TPSA) is 72.7 Å². The van der Waals surface area contributed by atoms with Crippen LogP contribution in [0.3, 0.4) is 0 Å². The summed E-state index contributed by atoms with van der Waals surface area (Å²) in [6.45, 7) is 0. The van der Waals surface area contributed by atoms with E-state index in [0.717, 1.165) is 10.2 Å². The molecule has 0 fully saturated rings. The summed E-state index contributed by atoms with van der Waals surface area (Å²) >= 11 is 3.30. The molecule has 0 aliphatic heterocycles. The molecular weight excluding hydrogens is 334 g/mol. The summed E-state index contributed by atoms with van der Waals surface area (Å²) in [4.78, 5) is 20.2. The van der Waals surface area contributed by atoms with Gasteiger partial charge in [-0.1, -0.05) is 12.1 Å². The first kappa shape index (κ1) is 13.4. The van der Waals surface area contributed by atoms with Gasteiger partial charge < -0.3 is 5.32 Å². The van der Waals surface area contributed by atoms with E-state index >= 15 is 0 Å². The average Bonchev–Trinajstić information content (AvgIpc) is 3.02. The van der Waals surface area contributed by atoms with Crippen LogP contribution >= 0.6 is 15.9 Å². The molecule has 2 aromatic heterocycles. The Hall–Kier alpha value is -2.54. The number of anilines is 1. The second-order valence-electron chi connectivity index (χ2n) is 4.20. The number of hydrogen-bond donors (Lipinski definition) is 1. The molecule has 7 heteroatoms. The monoisotopic (exact) mass is 343 g/mol. The van der Waals surface area contributed by atoms with E-state index in [-0.39, 0.29) is 5.91 Å². The van der Waals surface area contributed by atoms with Crippen LogP contribution in [0.2, 0.25) is 0 Å². The van der Waals surface area contributed by atoms with E-state index in [2.05, 4.69) is 36.3 Å². The molecule has 0 aliphatic rings. The van der Waals surface area contributed by atoms with Gasteiger partial charge in [-0.25, -0.2) is 9.67 Å². The van der Waals surface area contributed by atoms with Crippen molar-refractivity contribution in [2.75, 3.05) is 5.32 Å². The third-order valence-electron chi connectivity index (χ3n) is 2.78. The Morgan fingerprint density at radius 2 is 2.05 bits per heavy atom. The Morgan fingerprint density at radius 1 is 1.19 bits per heavy atom. The van der Waals surface area contributed by atoms with E-state index in [1.807, 2.05) is 18.2 Å². The molecule has 21 heavy (non-hydrogen) atoms. The van der Waals surface area contributed by atoms with Gasteiger partial charge in [-0.3, -0.25) is 9.78 Å². The van der Waals surface area contributed by atoms with Crippen LogP contribution in [0, 0.1) is 0 Å². The first-order valence-electron chi connectivity index (χ1n) is 6.10. The molecule has 3 rings (SSSR count). The standard InChI is InChI=1S/C14H10BrN5O/c15-11-5-10(6-16-7-11)14(21)19-12-3-1-2-4-13(12)20-9-17-8-18-20/h1-9H,(H,19,21). The lowest BCUT2D eigenvalue weighted by atomic mass is 10.2. The summed E-state index contributed by atoms with van der Waals surface area (Å²) in [7, 11) is 0. The highest BCUT2D eigenvalue weighted by atomic mass is 79.9. The number of nitrogens with one attached hydrogen (secondary N) is 1. The number of aromatic nitrogens is 4. The Balaban J connectivity index is 1.90. The van der Waals surface area contributed by atoms with Crippen molar-refractivity contribution in [3.63, 3.8) is 0 Å². The van der Waals surface area contributed by atoms with Crippen LogP contribution in [0.1, 0.15) is 10.4 Å². The average molecular weight is 344 g/mol. The van der Waals surface area contributed by atoms with Gasteiger partial charge in [0.15, 0.2) is 0 Å². The lowest BCUT2D eigenvalue weighted by molar-refractivity contribution is 0.102. The van der Waals surface area contributed by atoms with Crippen molar-refractivity contribution in [3.05, 3.63) is 65.4 Å². The quantitative estimate of drug-likeness (QED) is 0.793. The number of hydrogen-bond acceptors (Lipinski definition) is 4. The Kier molecular flexibility index (Phi) is 3.74. The summed E-state index contributed by atoms with van der Waals surface area (Å²) < 4.78 is 2.34. The molecule has 1 aromatic carbocycles. The number of amides is 1. The number of nitrogens with zero attached hydrogens (tertiary/aromatic N) is 4. The molecule has 3 aromatic rings. The minimum atomic E-state index is -0.239. The predicted molar refractivity (Wildman–Crippen MR) is 81.2 cm³/mol. The summed E-state index contributed by atoms with van der Waals surface area (Å²) in [6.07, 6.45) is 6.15. The molecule has 0 aliphatic carbocycles. The molecule has 1 N–H and O–H groups in total. The van der Waals surface area contributed by atoms with Gasteiger partial charge in [0.1, 0.15) is 12.7 Å². The van der Waals surface area contributed by atoms with Crippen molar-refractivity contribution >= 4 is 27.5 Å². The molecule has 0 saturated carbocycles. The predicted octanol–water partition coefficient (Wildman–Crippen LogP) is 2.68.